The Balaban J connectivity index is 1.66. The van der Waals surface area contributed by atoms with Crippen molar-refractivity contribution in [2.24, 2.45) is 0 Å². The van der Waals surface area contributed by atoms with Gasteiger partial charge in [0.25, 0.3) is 5.69 Å². The van der Waals surface area contributed by atoms with E-state index in [-0.39, 0.29) is 22.2 Å². The van der Waals surface area contributed by atoms with Crippen LogP contribution in [0.4, 0.5) is 11.4 Å². The summed E-state index contributed by atoms with van der Waals surface area (Å²) in [5.74, 6) is 2.16. The van der Waals surface area contributed by atoms with Gasteiger partial charge in [-0.15, -0.1) is 5.10 Å². The van der Waals surface area contributed by atoms with Crippen LogP contribution in [0.2, 0.25) is 0 Å². The Morgan fingerprint density at radius 2 is 1.69 bits per heavy atom. The van der Waals surface area contributed by atoms with Crippen molar-refractivity contribution in [3.63, 3.8) is 0 Å². The van der Waals surface area contributed by atoms with Crippen molar-refractivity contribution in [1.29, 1.82) is 0 Å². The molecule has 0 saturated carbocycles. The number of rotatable bonds is 7. The van der Waals surface area contributed by atoms with E-state index in [0.717, 1.165) is 43.3 Å². The lowest BCUT2D eigenvalue weighted by atomic mass is 10.00. The van der Waals surface area contributed by atoms with Gasteiger partial charge in [-0.2, -0.15) is 0 Å². The highest BCUT2D eigenvalue weighted by Gasteiger charge is 2.35. The molecule has 0 spiro atoms. The maximum absolute atomic E-state index is 11.0. The number of anilines is 1. The second kappa shape index (κ2) is 9.87. The molecule has 0 radical (unpaired) electrons. The predicted molar refractivity (Wildman–Crippen MR) is 131 cm³/mol. The minimum absolute atomic E-state index is 0.0908. The summed E-state index contributed by atoms with van der Waals surface area (Å²) in [5.41, 5.74) is 1.70. The third kappa shape index (κ3) is 5.04. The van der Waals surface area contributed by atoms with Gasteiger partial charge in [-0.3, -0.25) is 15.0 Å². The Morgan fingerprint density at radius 1 is 1.00 bits per heavy atom. The first-order chi connectivity index (χ1) is 16.7. The normalized spacial score (nSPS) is 15.6. The third-order valence-corrected chi connectivity index (χ3v) is 6.21. The summed E-state index contributed by atoms with van der Waals surface area (Å²) in [4.78, 5) is 15.2. The first-order valence-corrected chi connectivity index (χ1v) is 11.5. The van der Waals surface area contributed by atoms with E-state index in [9.17, 15) is 10.1 Å². The number of tetrazole rings is 1. The molecule has 0 N–H and O–H groups in total. The number of non-ortho nitro benzene ring substituents is 1. The van der Waals surface area contributed by atoms with Crippen LogP contribution in [0.15, 0.2) is 42.5 Å². The Kier molecular flexibility index (Phi) is 6.88. The smallest absolute Gasteiger partial charge is 0.269 e. The number of piperazine rings is 1. The molecule has 1 aromatic heterocycles. The summed E-state index contributed by atoms with van der Waals surface area (Å²) in [6, 6.07) is 12.3. The minimum atomic E-state index is -0.381. The second-order valence-corrected chi connectivity index (χ2v) is 9.43. The molecule has 0 aliphatic carbocycles. The number of benzene rings is 2. The lowest BCUT2D eigenvalue weighted by Crippen LogP contribution is -2.48. The molecule has 1 unspecified atom stereocenters. The zero-order valence-electron chi connectivity index (χ0n) is 20.7. The average molecular weight is 482 g/mol. The van der Waals surface area contributed by atoms with Crippen LogP contribution < -0.4 is 14.4 Å². The van der Waals surface area contributed by atoms with E-state index in [0.29, 0.717) is 11.5 Å². The van der Waals surface area contributed by atoms with Crippen LogP contribution >= 0.6 is 0 Å². The molecule has 1 fully saturated rings. The molecule has 1 saturated heterocycles. The molecule has 186 valence electrons. The van der Waals surface area contributed by atoms with Crippen molar-refractivity contribution in [2.75, 3.05) is 45.3 Å². The fraction of sp³-hybridized carbons (Fsp3) is 0.458. The average Bonchev–Trinajstić information content (AvgIpc) is 3.35. The quantitative estimate of drug-likeness (QED) is 0.371. The maximum atomic E-state index is 11.0. The molecule has 2 heterocycles. The standard InChI is InChI=1S/C24H31N7O4/c1-24(2,3)30-23(25-26-27-30)22(20-11-10-19(34-4)16-21(20)35-5)29-14-12-28(13-15-29)17-6-8-18(9-7-17)31(32)33/h6-11,16,22H,12-15H2,1-5H3. The van der Waals surface area contributed by atoms with Gasteiger partial charge in [0.2, 0.25) is 0 Å². The van der Waals surface area contributed by atoms with Crippen LogP contribution in [0.25, 0.3) is 0 Å². The number of methoxy groups -OCH3 is 2. The van der Waals surface area contributed by atoms with Crippen LogP contribution in [0.3, 0.4) is 0 Å². The zero-order chi connectivity index (χ0) is 25.2. The van der Waals surface area contributed by atoms with Crippen molar-refractivity contribution < 1.29 is 14.4 Å². The molecule has 1 aliphatic rings. The number of hydrogen-bond donors (Lipinski definition) is 0. The van der Waals surface area contributed by atoms with Crippen molar-refractivity contribution in [2.45, 2.75) is 32.4 Å². The molecule has 1 aliphatic heterocycles. The Labute approximate surface area is 204 Å². The largest absolute Gasteiger partial charge is 0.497 e. The van der Waals surface area contributed by atoms with Gasteiger partial charge in [-0.05, 0) is 55.5 Å². The van der Waals surface area contributed by atoms with Gasteiger partial charge in [-0.1, -0.05) is 0 Å². The summed E-state index contributed by atoms with van der Waals surface area (Å²) in [7, 11) is 3.28. The van der Waals surface area contributed by atoms with Gasteiger partial charge < -0.3 is 14.4 Å². The van der Waals surface area contributed by atoms with Crippen LogP contribution in [0.1, 0.15) is 38.2 Å². The van der Waals surface area contributed by atoms with E-state index in [4.69, 9.17) is 9.47 Å². The summed E-state index contributed by atoms with van der Waals surface area (Å²) >= 11 is 0. The first kappa shape index (κ1) is 24.4. The predicted octanol–water partition coefficient (Wildman–Crippen LogP) is 3.27. The first-order valence-electron chi connectivity index (χ1n) is 11.5. The monoisotopic (exact) mass is 481 g/mol. The van der Waals surface area contributed by atoms with Crippen LogP contribution in [-0.4, -0.2) is 70.4 Å². The maximum Gasteiger partial charge on any atom is 0.269 e. The van der Waals surface area contributed by atoms with Gasteiger partial charge >= 0.3 is 0 Å². The van der Waals surface area contributed by atoms with E-state index >= 15 is 0 Å². The molecule has 3 aromatic rings. The van der Waals surface area contributed by atoms with Crippen LogP contribution in [0, 0.1) is 10.1 Å². The summed E-state index contributed by atoms with van der Waals surface area (Å²) in [5, 5.41) is 23.8. The van der Waals surface area contributed by atoms with Gasteiger partial charge in [0, 0.05) is 55.6 Å². The number of nitro groups is 1. The van der Waals surface area contributed by atoms with Crippen molar-refractivity contribution in [1.82, 2.24) is 25.1 Å². The van der Waals surface area contributed by atoms with Crippen molar-refractivity contribution in [3.8, 4) is 11.5 Å². The molecule has 1 atom stereocenters. The SMILES string of the molecule is COc1ccc(C(c2nnnn2C(C)(C)C)N2CCN(c3ccc([N+](=O)[O-])cc3)CC2)c(OC)c1. The third-order valence-electron chi connectivity index (χ3n) is 6.21. The van der Waals surface area contributed by atoms with E-state index < -0.39 is 0 Å². The topological polar surface area (TPSA) is 112 Å². The Bertz CT molecular complexity index is 1170. The molecular formula is C24H31N7O4. The lowest BCUT2D eigenvalue weighted by Gasteiger charge is -2.40. The van der Waals surface area contributed by atoms with Gasteiger partial charge in [0.05, 0.1) is 24.7 Å². The highest BCUT2D eigenvalue weighted by atomic mass is 16.6. The highest BCUT2D eigenvalue weighted by Crippen LogP contribution is 2.38. The Hall–Kier alpha value is -3.73. The number of ether oxygens (including phenoxy) is 2. The molecule has 35 heavy (non-hydrogen) atoms. The molecule has 2 aromatic carbocycles. The number of nitro benzene ring substituents is 1. The van der Waals surface area contributed by atoms with Gasteiger partial charge in [-0.25, -0.2) is 4.68 Å². The van der Waals surface area contributed by atoms with E-state index in [1.807, 2.05) is 22.9 Å². The van der Waals surface area contributed by atoms with Gasteiger partial charge in [0.15, 0.2) is 5.82 Å². The number of aromatic nitrogens is 4. The zero-order valence-corrected chi connectivity index (χ0v) is 20.7. The summed E-state index contributed by atoms with van der Waals surface area (Å²) < 4.78 is 13.0. The number of nitrogens with zero attached hydrogens (tertiary/aromatic N) is 7. The minimum Gasteiger partial charge on any atom is -0.497 e. The van der Waals surface area contributed by atoms with Crippen molar-refractivity contribution >= 4 is 11.4 Å². The summed E-state index contributed by atoms with van der Waals surface area (Å²) in [6.07, 6.45) is 0. The van der Waals surface area contributed by atoms with Crippen LogP contribution in [0.5, 0.6) is 11.5 Å². The molecular weight excluding hydrogens is 450 g/mol. The Morgan fingerprint density at radius 3 is 2.26 bits per heavy atom. The van der Waals surface area contributed by atoms with E-state index in [1.165, 1.54) is 0 Å². The highest BCUT2D eigenvalue weighted by molar-refractivity contribution is 5.51. The molecule has 4 rings (SSSR count). The van der Waals surface area contributed by atoms with E-state index in [1.54, 1.807) is 38.5 Å². The number of hydrogen-bond acceptors (Lipinski definition) is 9. The molecule has 0 amide bonds. The molecule has 11 heteroatoms. The fourth-order valence-electron chi connectivity index (χ4n) is 4.41. The van der Waals surface area contributed by atoms with Crippen molar-refractivity contribution in [3.05, 3.63) is 64.0 Å². The van der Waals surface area contributed by atoms with E-state index in [2.05, 4.69) is 46.1 Å². The van der Waals surface area contributed by atoms with Crippen LogP contribution in [-0.2, 0) is 5.54 Å². The summed E-state index contributed by atoms with van der Waals surface area (Å²) in [6.45, 7) is 9.21. The van der Waals surface area contributed by atoms with Gasteiger partial charge in [0.1, 0.15) is 17.5 Å². The molecule has 11 nitrogen and oxygen atoms in total. The fourth-order valence-corrected chi connectivity index (χ4v) is 4.41. The molecule has 0 bridgehead atoms. The lowest BCUT2D eigenvalue weighted by molar-refractivity contribution is -0.384. The second-order valence-electron chi connectivity index (χ2n) is 9.43.